The average Bonchev–Trinajstić information content (AvgIpc) is 2.96. The highest BCUT2D eigenvalue weighted by Gasteiger charge is 2.09. The molecule has 2 rings (SSSR count). The highest BCUT2D eigenvalue weighted by molar-refractivity contribution is 5.57. The lowest BCUT2D eigenvalue weighted by Gasteiger charge is -2.13. The number of nitrogens with one attached hydrogen (secondary N) is 2. The number of rotatable bonds is 7. The van der Waals surface area contributed by atoms with Crippen molar-refractivity contribution in [2.75, 3.05) is 23.7 Å². The second-order valence-corrected chi connectivity index (χ2v) is 4.36. The fourth-order valence-corrected chi connectivity index (χ4v) is 1.83. The maximum Gasteiger partial charge on any atom is 0.228 e. The molecule has 7 heteroatoms. The van der Waals surface area contributed by atoms with E-state index in [1.165, 1.54) is 6.33 Å². The molecule has 0 aliphatic carbocycles. The number of aryl methyl sites for hydroxylation is 1. The molecule has 0 aliphatic heterocycles. The van der Waals surface area contributed by atoms with Gasteiger partial charge in [-0.1, -0.05) is 12.1 Å². The van der Waals surface area contributed by atoms with Gasteiger partial charge in [0.1, 0.15) is 17.5 Å². The van der Waals surface area contributed by atoms with Gasteiger partial charge in [-0.2, -0.15) is 4.98 Å². The van der Waals surface area contributed by atoms with Crippen LogP contribution in [0.25, 0.3) is 0 Å². The minimum atomic E-state index is 0.617. The fraction of sp³-hybridized carbons (Fsp3) is 0.538. The molecule has 0 saturated carbocycles. The fourth-order valence-electron chi connectivity index (χ4n) is 1.83. The topological polar surface area (TPSA) is 88.8 Å². The maximum atomic E-state index is 4.96. The molecule has 0 unspecified atom stereocenters. The normalized spacial score (nSPS) is 10.6. The van der Waals surface area contributed by atoms with Crippen LogP contribution >= 0.6 is 0 Å². The van der Waals surface area contributed by atoms with Crippen LogP contribution in [0.15, 0.2) is 10.9 Å². The number of hydrogen-bond acceptors (Lipinski definition) is 7. The van der Waals surface area contributed by atoms with Crippen LogP contribution in [-0.2, 0) is 12.8 Å². The van der Waals surface area contributed by atoms with E-state index < -0.39 is 0 Å². The van der Waals surface area contributed by atoms with Gasteiger partial charge < -0.3 is 15.2 Å². The van der Waals surface area contributed by atoms with Crippen LogP contribution < -0.4 is 10.6 Å². The number of nitrogens with zero attached hydrogens (tertiary/aromatic N) is 4. The summed E-state index contributed by atoms with van der Waals surface area (Å²) in [6.07, 6.45) is 2.88. The van der Waals surface area contributed by atoms with E-state index in [4.69, 9.17) is 4.52 Å². The zero-order chi connectivity index (χ0) is 14.4. The predicted octanol–water partition coefficient (Wildman–Crippen LogP) is 1.82. The molecule has 2 N–H and O–H groups in total. The minimum Gasteiger partial charge on any atom is -0.370 e. The lowest BCUT2D eigenvalue weighted by atomic mass is 10.2. The summed E-state index contributed by atoms with van der Waals surface area (Å²) in [5.41, 5.74) is 1.02. The first-order valence-corrected chi connectivity index (χ1v) is 6.85. The van der Waals surface area contributed by atoms with E-state index in [-0.39, 0.29) is 0 Å². The zero-order valence-corrected chi connectivity index (χ0v) is 12.1. The first-order valence-electron chi connectivity index (χ1n) is 6.85. The Labute approximate surface area is 118 Å². The van der Waals surface area contributed by atoms with Crippen LogP contribution in [0.4, 0.5) is 11.6 Å². The zero-order valence-electron chi connectivity index (χ0n) is 12.1. The Morgan fingerprint density at radius 2 is 1.90 bits per heavy atom. The highest BCUT2D eigenvalue weighted by atomic mass is 16.5. The molecule has 0 amide bonds. The molecule has 0 atom stereocenters. The molecule has 2 aromatic heterocycles. The molecule has 0 fully saturated rings. The average molecular weight is 276 g/mol. The highest BCUT2D eigenvalue weighted by Crippen LogP contribution is 2.20. The van der Waals surface area contributed by atoms with Gasteiger partial charge in [0.15, 0.2) is 6.33 Å². The molecule has 0 spiro atoms. The van der Waals surface area contributed by atoms with Gasteiger partial charge in [0.25, 0.3) is 0 Å². The van der Waals surface area contributed by atoms with E-state index in [2.05, 4.69) is 37.7 Å². The molecule has 0 saturated heterocycles. The van der Waals surface area contributed by atoms with Gasteiger partial charge in [0, 0.05) is 31.5 Å². The molecular formula is C13H20N6O. The van der Waals surface area contributed by atoms with Crippen molar-refractivity contribution in [2.24, 2.45) is 0 Å². The van der Waals surface area contributed by atoms with Gasteiger partial charge >= 0.3 is 0 Å². The minimum absolute atomic E-state index is 0.617. The van der Waals surface area contributed by atoms with E-state index >= 15 is 0 Å². The molecule has 0 radical (unpaired) electrons. The molecule has 0 bridgehead atoms. The van der Waals surface area contributed by atoms with Crippen LogP contribution in [0, 0.1) is 6.92 Å². The monoisotopic (exact) mass is 276 g/mol. The lowest BCUT2D eigenvalue weighted by molar-refractivity contribution is 0.379. The molecule has 7 nitrogen and oxygen atoms in total. The maximum absolute atomic E-state index is 4.96. The summed E-state index contributed by atoms with van der Waals surface area (Å²) in [4.78, 5) is 13.0. The molecule has 108 valence electrons. The largest absolute Gasteiger partial charge is 0.370 e. The van der Waals surface area contributed by atoms with E-state index in [0.717, 1.165) is 36.0 Å². The van der Waals surface area contributed by atoms with Crippen molar-refractivity contribution in [3.63, 3.8) is 0 Å². The molecule has 2 aromatic rings. The van der Waals surface area contributed by atoms with Gasteiger partial charge in [0.2, 0.25) is 5.89 Å². The summed E-state index contributed by atoms with van der Waals surface area (Å²) in [7, 11) is 0. The Bertz CT molecular complexity index is 540. The lowest BCUT2D eigenvalue weighted by Crippen LogP contribution is -2.13. The van der Waals surface area contributed by atoms with E-state index in [1.807, 2.05) is 13.8 Å². The molecule has 2 heterocycles. The van der Waals surface area contributed by atoms with Crippen LogP contribution in [-0.4, -0.2) is 33.2 Å². The quantitative estimate of drug-likeness (QED) is 0.797. The van der Waals surface area contributed by atoms with Crippen molar-refractivity contribution in [1.82, 2.24) is 20.1 Å². The van der Waals surface area contributed by atoms with Crippen molar-refractivity contribution in [3.8, 4) is 0 Å². The summed E-state index contributed by atoms with van der Waals surface area (Å²) in [5.74, 6) is 3.19. The van der Waals surface area contributed by atoms with Crippen molar-refractivity contribution in [3.05, 3.63) is 23.6 Å². The SMILES string of the molecule is CCNc1nc(CC)nc(NCCc2ncno2)c1C. The molecule has 0 aliphatic rings. The summed E-state index contributed by atoms with van der Waals surface area (Å²) in [5, 5.41) is 10.2. The van der Waals surface area contributed by atoms with Gasteiger partial charge in [-0.3, -0.25) is 0 Å². The third kappa shape index (κ3) is 3.43. The van der Waals surface area contributed by atoms with Gasteiger partial charge in [0.05, 0.1) is 0 Å². The van der Waals surface area contributed by atoms with Crippen LogP contribution in [0.3, 0.4) is 0 Å². The third-order valence-electron chi connectivity index (χ3n) is 2.89. The summed E-state index contributed by atoms with van der Waals surface area (Å²) in [6.45, 7) is 7.63. The third-order valence-corrected chi connectivity index (χ3v) is 2.89. The van der Waals surface area contributed by atoms with Crippen LogP contribution in [0.1, 0.15) is 31.1 Å². The summed E-state index contributed by atoms with van der Waals surface area (Å²) >= 11 is 0. The van der Waals surface area contributed by atoms with E-state index in [0.29, 0.717) is 18.9 Å². The second-order valence-electron chi connectivity index (χ2n) is 4.36. The van der Waals surface area contributed by atoms with Gasteiger partial charge in [-0.15, -0.1) is 0 Å². The van der Waals surface area contributed by atoms with Crippen molar-refractivity contribution in [2.45, 2.75) is 33.6 Å². The standard InChI is InChI=1S/C13H20N6O/c1-4-10-18-12(14-5-2)9(3)13(19-10)15-7-6-11-16-8-17-20-11/h8H,4-7H2,1-3H3,(H2,14,15,18,19). The Morgan fingerprint density at radius 3 is 2.50 bits per heavy atom. The molecule has 20 heavy (non-hydrogen) atoms. The van der Waals surface area contributed by atoms with Crippen LogP contribution in [0.2, 0.25) is 0 Å². The summed E-state index contributed by atoms with van der Waals surface area (Å²) < 4.78 is 4.96. The first kappa shape index (κ1) is 14.2. The van der Waals surface area contributed by atoms with Crippen LogP contribution in [0.5, 0.6) is 0 Å². The van der Waals surface area contributed by atoms with Gasteiger partial charge in [-0.05, 0) is 13.8 Å². The van der Waals surface area contributed by atoms with E-state index in [1.54, 1.807) is 0 Å². The first-order chi connectivity index (χ1) is 9.74. The number of anilines is 2. The molecular weight excluding hydrogens is 256 g/mol. The summed E-state index contributed by atoms with van der Waals surface area (Å²) in [6, 6.07) is 0. The Kier molecular flexibility index (Phi) is 4.86. The van der Waals surface area contributed by atoms with Gasteiger partial charge in [-0.25, -0.2) is 9.97 Å². The van der Waals surface area contributed by atoms with E-state index in [9.17, 15) is 0 Å². The van der Waals surface area contributed by atoms with Crippen molar-refractivity contribution in [1.29, 1.82) is 0 Å². The Morgan fingerprint density at radius 1 is 1.15 bits per heavy atom. The number of hydrogen-bond donors (Lipinski definition) is 2. The van der Waals surface area contributed by atoms with Crippen molar-refractivity contribution >= 4 is 11.6 Å². The molecule has 0 aromatic carbocycles. The Hall–Kier alpha value is -2.18. The Balaban J connectivity index is 2.07. The van der Waals surface area contributed by atoms with Crippen molar-refractivity contribution < 1.29 is 4.52 Å². The number of aromatic nitrogens is 4. The smallest absolute Gasteiger partial charge is 0.228 e. The second kappa shape index (κ2) is 6.83. The predicted molar refractivity (Wildman–Crippen MR) is 76.8 cm³/mol.